The lowest BCUT2D eigenvalue weighted by Gasteiger charge is -2.22. The van der Waals surface area contributed by atoms with Gasteiger partial charge in [-0.05, 0) is 41.5 Å². The Morgan fingerprint density at radius 2 is 1.64 bits per heavy atom. The van der Waals surface area contributed by atoms with Gasteiger partial charge in [0.05, 0.1) is 4.88 Å². The molecular weight excluding hydrogens is 374 g/mol. The lowest BCUT2D eigenvalue weighted by molar-refractivity contribution is -0.127. The molecule has 0 aliphatic rings. The minimum atomic E-state index is -0.629. The summed E-state index contributed by atoms with van der Waals surface area (Å²) in [7, 11) is 0. The van der Waals surface area contributed by atoms with Crippen LogP contribution in [0, 0.1) is 11.8 Å². The van der Waals surface area contributed by atoms with Crippen molar-refractivity contribution in [2.24, 2.45) is 11.8 Å². The predicted octanol–water partition coefficient (Wildman–Crippen LogP) is 4.13. The molecule has 7 heteroatoms. The van der Waals surface area contributed by atoms with Gasteiger partial charge in [-0.2, -0.15) is 0 Å². The van der Waals surface area contributed by atoms with Crippen molar-refractivity contribution in [3.05, 3.63) is 46.7 Å². The molecule has 1 aromatic carbocycles. The summed E-state index contributed by atoms with van der Waals surface area (Å²) in [5.41, 5.74) is 1.14. The molecule has 2 rings (SSSR count). The summed E-state index contributed by atoms with van der Waals surface area (Å²) in [4.78, 5) is 37.6. The molecule has 1 atom stereocenters. The number of carbonyl (C=O) groups is 3. The number of benzene rings is 1. The third-order valence-electron chi connectivity index (χ3n) is 3.99. The van der Waals surface area contributed by atoms with Gasteiger partial charge < -0.3 is 16.0 Å². The van der Waals surface area contributed by atoms with Crippen LogP contribution in [0.1, 0.15) is 43.8 Å². The third kappa shape index (κ3) is 6.49. The average Bonchev–Trinajstić information content (AvgIpc) is 3.13. The largest absolute Gasteiger partial charge is 0.344 e. The highest BCUT2D eigenvalue weighted by Crippen LogP contribution is 2.18. The van der Waals surface area contributed by atoms with Crippen molar-refractivity contribution >= 4 is 40.4 Å². The number of anilines is 2. The minimum absolute atomic E-state index is 0.0576. The van der Waals surface area contributed by atoms with Crippen molar-refractivity contribution < 1.29 is 14.4 Å². The fourth-order valence-electron chi connectivity index (χ4n) is 2.63. The van der Waals surface area contributed by atoms with E-state index in [0.717, 1.165) is 0 Å². The first-order valence-corrected chi connectivity index (χ1v) is 10.2. The molecule has 3 N–H and O–H groups in total. The molecule has 0 radical (unpaired) electrons. The summed E-state index contributed by atoms with van der Waals surface area (Å²) < 4.78 is 0. The van der Waals surface area contributed by atoms with Crippen LogP contribution in [0.3, 0.4) is 0 Å². The first-order valence-electron chi connectivity index (χ1n) is 9.31. The minimum Gasteiger partial charge on any atom is -0.344 e. The number of hydrogen-bond acceptors (Lipinski definition) is 4. The molecular formula is C21H27N3O3S. The smallest absolute Gasteiger partial charge is 0.265 e. The van der Waals surface area contributed by atoms with Crippen LogP contribution in [0.2, 0.25) is 0 Å². The second-order valence-corrected chi connectivity index (χ2v) is 8.34. The van der Waals surface area contributed by atoms with E-state index in [0.29, 0.717) is 22.7 Å². The standard InChI is InChI=1S/C21H27N3O3S/c1-13(2)11-18(25)24-19(14(3)4)21(27)23-16-8-5-7-15(12-16)22-20(26)17-9-6-10-28-17/h5-10,12-14,19H,11H2,1-4H3,(H,22,26)(H,23,27)(H,24,25). The van der Waals surface area contributed by atoms with E-state index in [1.54, 1.807) is 30.3 Å². The second kappa shape index (κ2) is 10.0. The maximum Gasteiger partial charge on any atom is 0.265 e. The highest BCUT2D eigenvalue weighted by atomic mass is 32.1. The van der Waals surface area contributed by atoms with Crippen LogP contribution in [0.4, 0.5) is 11.4 Å². The third-order valence-corrected chi connectivity index (χ3v) is 4.86. The lowest BCUT2D eigenvalue weighted by atomic mass is 10.0. The predicted molar refractivity (Wildman–Crippen MR) is 114 cm³/mol. The molecule has 2 aromatic rings. The van der Waals surface area contributed by atoms with Crippen molar-refractivity contribution in [1.82, 2.24) is 5.32 Å². The Bertz CT molecular complexity index is 816. The SMILES string of the molecule is CC(C)CC(=O)NC(C(=O)Nc1cccc(NC(=O)c2cccs2)c1)C(C)C. The Labute approximate surface area is 169 Å². The molecule has 0 fully saturated rings. The van der Waals surface area contributed by atoms with Crippen LogP contribution in [0.5, 0.6) is 0 Å². The molecule has 1 unspecified atom stereocenters. The van der Waals surface area contributed by atoms with Crippen LogP contribution in [-0.4, -0.2) is 23.8 Å². The van der Waals surface area contributed by atoms with Crippen LogP contribution < -0.4 is 16.0 Å². The van der Waals surface area contributed by atoms with Crippen molar-refractivity contribution in [2.75, 3.05) is 10.6 Å². The molecule has 6 nitrogen and oxygen atoms in total. The zero-order chi connectivity index (χ0) is 20.7. The molecule has 0 saturated heterocycles. The summed E-state index contributed by atoms with van der Waals surface area (Å²) >= 11 is 1.36. The van der Waals surface area contributed by atoms with E-state index in [9.17, 15) is 14.4 Å². The number of nitrogens with one attached hydrogen (secondary N) is 3. The monoisotopic (exact) mass is 401 g/mol. The number of rotatable bonds is 8. The quantitative estimate of drug-likeness (QED) is 0.622. The number of thiophene rings is 1. The Morgan fingerprint density at radius 3 is 2.21 bits per heavy atom. The Hall–Kier alpha value is -2.67. The highest BCUT2D eigenvalue weighted by Gasteiger charge is 2.24. The van der Waals surface area contributed by atoms with Gasteiger partial charge in [0.1, 0.15) is 6.04 Å². The van der Waals surface area contributed by atoms with Gasteiger partial charge in [-0.1, -0.05) is 39.8 Å². The maximum atomic E-state index is 12.7. The first-order chi connectivity index (χ1) is 13.3. The molecule has 3 amide bonds. The van der Waals surface area contributed by atoms with Gasteiger partial charge in [0.2, 0.25) is 11.8 Å². The fraction of sp³-hybridized carbons (Fsp3) is 0.381. The molecule has 0 bridgehead atoms. The summed E-state index contributed by atoms with van der Waals surface area (Å²) in [5, 5.41) is 10.3. The zero-order valence-corrected chi connectivity index (χ0v) is 17.4. The summed E-state index contributed by atoms with van der Waals surface area (Å²) in [5.74, 6) is -0.452. The molecule has 28 heavy (non-hydrogen) atoms. The maximum absolute atomic E-state index is 12.7. The summed E-state index contributed by atoms with van der Waals surface area (Å²) in [6.07, 6.45) is 0.376. The number of amides is 3. The summed E-state index contributed by atoms with van der Waals surface area (Å²) in [6, 6.07) is 9.88. The molecule has 1 heterocycles. The Balaban J connectivity index is 2.03. The molecule has 0 spiro atoms. The second-order valence-electron chi connectivity index (χ2n) is 7.39. The van der Waals surface area contributed by atoms with Crippen LogP contribution in [0.15, 0.2) is 41.8 Å². The first kappa shape index (κ1) is 21.6. The average molecular weight is 402 g/mol. The topological polar surface area (TPSA) is 87.3 Å². The van der Waals surface area contributed by atoms with E-state index in [-0.39, 0.29) is 29.6 Å². The molecule has 0 aliphatic carbocycles. The normalized spacial score (nSPS) is 11.9. The molecule has 0 aliphatic heterocycles. The van der Waals surface area contributed by atoms with E-state index in [1.807, 2.05) is 39.1 Å². The van der Waals surface area contributed by atoms with Crippen LogP contribution >= 0.6 is 11.3 Å². The Morgan fingerprint density at radius 1 is 0.964 bits per heavy atom. The summed E-state index contributed by atoms with van der Waals surface area (Å²) in [6.45, 7) is 7.69. The van der Waals surface area contributed by atoms with Crippen molar-refractivity contribution in [2.45, 2.75) is 40.2 Å². The fourth-order valence-corrected chi connectivity index (χ4v) is 3.25. The van der Waals surface area contributed by atoms with Crippen LogP contribution in [-0.2, 0) is 9.59 Å². The van der Waals surface area contributed by atoms with Gasteiger partial charge in [-0.25, -0.2) is 0 Å². The van der Waals surface area contributed by atoms with E-state index in [4.69, 9.17) is 0 Å². The van der Waals surface area contributed by atoms with E-state index >= 15 is 0 Å². The molecule has 150 valence electrons. The van der Waals surface area contributed by atoms with Crippen molar-refractivity contribution in [3.63, 3.8) is 0 Å². The lowest BCUT2D eigenvalue weighted by Crippen LogP contribution is -2.47. The van der Waals surface area contributed by atoms with Gasteiger partial charge in [0, 0.05) is 17.8 Å². The Kier molecular flexibility index (Phi) is 7.75. The van der Waals surface area contributed by atoms with Crippen molar-refractivity contribution in [1.29, 1.82) is 0 Å². The zero-order valence-electron chi connectivity index (χ0n) is 16.6. The van der Waals surface area contributed by atoms with Gasteiger partial charge in [-0.3, -0.25) is 14.4 Å². The van der Waals surface area contributed by atoms with Gasteiger partial charge in [0.25, 0.3) is 5.91 Å². The van der Waals surface area contributed by atoms with Gasteiger partial charge >= 0.3 is 0 Å². The molecule has 0 saturated carbocycles. The highest BCUT2D eigenvalue weighted by molar-refractivity contribution is 7.12. The van der Waals surface area contributed by atoms with E-state index in [1.165, 1.54) is 11.3 Å². The van der Waals surface area contributed by atoms with Gasteiger partial charge in [-0.15, -0.1) is 11.3 Å². The van der Waals surface area contributed by atoms with Gasteiger partial charge in [0.15, 0.2) is 0 Å². The van der Waals surface area contributed by atoms with Crippen molar-refractivity contribution in [3.8, 4) is 0 Å². The molecule has 1 aromatic heterocycles. The number of carbonyl (C=O) groups excluding carboxylic acids is 3. The number of hydrogen-bond donors (Lipinski definition) is 3. The van der Waals surface area contributed by atoms with E-state index in [2.05, 4.69) is 16.0 Å². The van der Waals surface area contributed by atoms with Crippen LogP contribution in [0.25, 0.3) is 0 Å². The van der Waals surface area contributed by atoms with E-state index < -0.39 is 6.04 Å².